The molecule has 72 valence electrons. The van der Waals surface area contributed by atoms with Gasteiger partial charge in [-0.15, -0.1) is 34.3 Å². The molecule has 6 heteroatoms. The molecule has 0 spiro atoms. The zero-order valence-corrected chi connectivity index (χ0v) is 9.33. The molecule has 3 nitrogen and oxygen atoms in total. The van der Waals surface area contributed by atoms with Crippen LogP contribution in [0.3, 0.4) is 0 Å². The van der Waals surface area contributed by atoms with Crippen molar-refractivity contribution in [2.75, 3.05) is 5.88 Å². The minimum absolute atomic E-state index is 0.0275. The van der Waals surface area contributed by atoms with Crippen molar-refractivity contribution in [1.82, 2.24) is 9.97 Å². The highest BCUT2D eigenvalue weighted by Gasteiger charge is 2.11. The third-order valence-corrected chi connectivity index (χ3v) is 3.26. The second-order valence-electron chi connectivity index (χ2n) is 2.47. The molecule has 2 rings (SSSR count). The molecule has 0 N–H and O–H groups in total. The van der Waals surface area contributed by atoms with Crippen molar-refractivity contribution in [2.45, 2.75) is 0 Å². The maximum atomic E-state index is 11.2. The van der Waals surface area contributed by atoms with Crippen molar-refractivity contribution in [3.8, 4) is 10.7 Å². The zero-order chi connectivity index (χ0) is 9.97. The van der Waals surface area contributed by atoms with Crippen LogP contribution >= 0.6 is 34.3 Å². The maximum Gasteiger partial charge on any atom is 0.196 e. The first kappa shape index (κ1) is 9.76. The number of rotatable bonds is 3. The number of hydrogen-bond acceptors (Lipinski definition) is 5. The Balaban J connectivity index is 2.31. The third kappa shape index (κ3) is 1.84. The largest absolute Gasteiger partial charge is 0.291 e. The van der Waals surface area contributed by atoms with E-state index in [4.69, 9.17) is 11.6 Å². The molecule has 0 radical (unpaired) electrons. The second kappa shape index (κ2) is 4.16. The van der Waals surface area contributed by atoms with Crippen molar-refractivity contribution in [3.63, 3.8) is 0 Å². The van der Waals surface area contributed by atoms with E-state index in [2.05, 4.69) is 9.97 Å². The summed E-state index contributed by atoms with van der Waals surface area (Å²) in [6.45, 7) is 0. The van der Waals surface area contributed by atoms with Crippen LogP contribution in [0, 0.1) is 0 Å². The molecule has 0 saturated heterocycles. The SMILES string of the molecule is O=C(CCl)c1csc(-c2cscn2)n1. The number of halogens is 1. The topological polar surface area (TPSA) is 42.9 Å². The number of Topliss-reactive ketones (excluding diaryl/α,β-unsaturated/α-hetero) is 1. The monoisotopic (exact) mass is 244 g/mol. The van der Waals surface area contributed by atoms with Crippen molar-refractivity contribution in [2.24, 2.45) is 0 Å². The van der Waals surface area contributed by atoms with Gasteiger partial charge in [-0.3, -0.25) is 4.79 Å². The summed E-state index contributed by atoms with van der Waals surface area (Å²) in [5.74, 6) is -0.176. The normalized spacial score (nSPS) is 10.4. The predicted octanol–water partition coefficient (Wildman–Crippen LogP) is 2.69. The fraction of sp³-hybridized carbons (Fsp3) is 0.125. The Kier molecular flexibility index (Phi) is 2.90. The first-order valence-electron chi connectivity index (χ1n) is 3.74. The van der Waals surface area contributed by atoms with Crippen LogP contribution in [0.5, 0.6) is 0 Å². The molecular formula is C8H5ClN2OS2. The summed E-state index contributed by atoms with van der Waals surface area (Å²) < 4.78 is 0. The summed E-state index contributed by atoms with van der Waals surface area (Å²) in [7, 11) is 0. The predicted molar refractivity (Wildman–Crippen MR) is 58.3 cm³/mol. The van der Waals surface area contributed by atoms with Gasteiger partial charge in [0.05, 0.1) is 11.4 Å². The van der Waals surface area contributed by atoms with Gasteiger partial charge < -0.3 is 0 Å². The molecule has 0 amide bonds. The average molecular weight is 245 g/mol. The Morgan fingerprint density at radius 2 is 2.36 bits per heavy atom. The standard InChI is InChI=1S/C8H5ClN2OS2/c9-1-7(12)5-3-14-8(11-5)6-2-13-4-10-6/h2-4H,1H2. The van der Waals surface area contributed by atoms with Crippen LogP contribution < -0.4 is 0 Å². The van der Waals surface area contributed by atoms with E-state index in [1.165, 1.54) is 22.7 Å². The van der Waals surface area contributed by atoms with Crippen molar-refractivity contribution in [3.05, 3.63) is 22.0 Å². The van der Waals surface area contributed by atoms with Gasteiger partial charge in [-0.05, 0) is 0 Å². The van der Waals surface area contributed by atoms with E-state index < -0.39 is 0 Å². The quantitative estimate of drug-likeness (QED) is 0.616. The summed E-state index contributed by atoms with van der Waals surface area (Å²) in [4.78, 5) is 19.5. The Morgan fingerprint density at radius 3 is 3.00 bits per heavy atom. The number of carbonyl (C=O) groups is 1. The first-order chi connectivity index (χ1) is 6.81. The fourth-order valence-corrected chi connectivity index (χ4v) is 2.45. The molecule has 0 saturated carbocycles. The van der Waals surface area contributed by atoms with Gasteiger partial charge in [0.2, 0.25) is 0 Å². The number of hydrogen-bond donors (Lipinski definition) is 0. The Hall–Kier alpha value is -0.780. The summed E-state index contributed by atoms with van der Waals surface area (Å²) in [6.07, 6.45) is 0. The van der Waals surface area contributed by atoms with Gasteiger partial charge in [-0.25, -0.2) is 9.97 Å². The van der Waals surface area contributed by atoms with Crippen molar-refractivity contribution >= 4 is 40.1 Å². The second-order valence-corrected chi connectivity index (χ2v) is 4.31. The third-order valence-electron chi connectivity index (χ3n) is 1.56. The number of carbonyl (C=O) groups excluding carboxylic acids is 1. The molecule has 0 aliphatic heterocycles. The van der Waals surface area contributed by atoms with Gasteiger partial charge >= 0.3 is 0 Å². The first-order valence-corrected chi connectivity index (χ1v) is 6.10. The van der Waals surface area contributed by atoms with Crippen molar-refractivity contribution < 1.29 is 4.79 Å². The molecule has 0 aliphatic carbocycles. The van der Waals surface area contributed by atoms with Crippen LogP contribution in [0.2, 0.25) is 0 Å². The molecule has 14 heavy (non-hydrogen) atoms. The lowest BCUT2D eigenvalue weighted by molar-refractivity contribution is 0.101. The minimum Gasteiger partial charge on any atom is -0.291 e. The molecule has 0 aromatic carbocycles. The van der Waals surface area contributed by atoms with Crippen LogP contribution in [0.15, 0.2) is 16.3 Å². The van der Waals surface area contributed by atoms with E-state index in [9.17, 15) is 4.79 Å². The molecule has 0 atom stereocenters. The van der Waals surface area contributed by atoms with E-state index >= 15 is 0 Å². The van der Waals surface area contributed by atoms with Gasteiger partial charge in [0.1, 0.15) is 16.4 Å². The highest BCUT2D eigenvalue weighted by atomic mass is 35.5. The van der Waals surface area contributed by atoms with E-state index in [1.807, 2.05) is 5.38 Å². The Bertz CT molecular complexity index is 438. The number of alkyl halides is 1. The maximum absolute atomic E-state index is 11.2. The Morgan fingerprint density at radius 1 is 1.50 bits per heavy atom. The van der Waals surface area contributed by atoms with E-state index in [0.717, 1.165) is 10.7 Å². The molecule has 0 bridgehead atoms. The summed E-state index contributed by atoms with van der Waals surface area (Å²) in [5, 5.41) is 4.37. The average Bonchev–Trinajstić information content (AvgIpc) is 2.86. The van der Waals surface area contributed by atoms with Gasteiger partial charge in [0.15, 0.2) is 5.78 Å². The molecular weight excluding hydrogens is 240 g/mol. The number of aromatic nitrogens is 2. The summed E-state index contributed by atoms with van der Waals surface area (Å²) >= 11 is 8.33. The molecule has 0 fully saturated rings. The summed E-state index contributed by atoms with van der Waals surface area (Å²) in [6, 6.07) is 0. The summed E-state index contributed by atoms with van der Waals surface area (Å²) in [5.41, 5.74) is 2.97. The molecule has 2 aromatic heterocycles. The van der Waals surface area contributed by atoms with Crippen LogP contribution in [0.1, 0.15) is 10.5 Å². The van der Waals surface area contributed by atoms with Gasteiger partial charge in [-0.2, -0.15) is 0 Å². The van der Waals surface area contributed by atoms with E-state index in [0.29, 0.717) is 5.69 Å². The number of ketones is 1. The molecule has 0 unspecified atom stereocenters. The van der Waals surface area contributed by atoms with E-state index in [1.54, 1.807) is 10.9 Å². The fourth-order valence-electron chi connectivity index (χ4n) is 0.906. The lowest BCUT2D eigenvalue weighted by Crippen LogP contribution is -1.99. The van der Waals surface area contributed by atoms with Gasteiger partial charge in [0.25, 0.3) is 0 Å². The molecule has 2 aromatic rings. The van der Waals surface area contributed by atoms with Crippen LogP contribution in [0.4, 0.5) is 0 Å². The highest BCUT2D eigenvalue weighted by molar-refractivity contribution is 7.14. The van der Waals surface area contributed by atoms with Crippen molar-refractivity contribution in [1.29, 1.82) is 0 Å². The lowest BCUT2D eigenvalue weighted by Gasteiger charge is -1.87. The van der Waals surface area contributed by atoms with Crippen LogP contribution in [0.25, 0.3) is 10.7 Å². The smallest absolute Gasteiger partial charge is 0.196 e. The van der Waals surface area contributed by atoms with Crippen LogP contribution in [-0.4, -0.2) is 21.6 Å². The zero-order valence-electron chi connectivity index (χ0n) is 6.94. The minimum atomic E-state index is -0.149. The number of nitrogens with zero attached hydrogens (tertiary/aromatic N) is 2. The number of thiazole rings is 2. The van der Waals surface area contributed by atoms with Gasteiger partial charge in [0, 0.05) is 10.8 Å². The van der Waals surface area contributed by atoms with E-state index in [-0.39, 0.29) is 11.7 Å². The highest BCUT2D eigenvalue weighted by Crippen LogP contribution is 2.23. The Labute approximate surface area is 93.4 Å². The van der Waals surface area contributed by atoms with Crippen LogP contribution in [-0.2, 0) is 0 Å². The molecule has 2 heterocycles. The van der Waals surface area contributed by atoms with Gasteiger partial charge in [-0.1, -0.05) is 0 Å². The lowest BCUT2D eigenvalue weighted by atomic mass is 10.3. The molecule has 0 aliphatic rings.